The molecule has 1 aliphatic rings. The molecule has 1 aliphatic heterocycles. The van der Waals surface area contributed by atoms with Crippen LogP contribution in [-0.2, 0) is 9.53 Å². The lowest BCUT2D eigenvalue weighted by Gasteiger charge is -2.24. The summed E-state index contributed by atoms with van der Waals surface area (Å²) >= 11 is 1.08. The predicted octanol–water partition coefficient (Wildman–Crippen LogP) is 2.92. The van der Waals surface area contributed by atoms with E-state index in [-0.39, 0.29) is 28.1 Å². The number of nitrogens with zero attached hydrogens (tertiary/aromatic N) is 4. The highest BCUT2D eigenvalue weighted by molar-refractivity contribution is 7.07. The van der Waals surface area contributed by atoms with E-state index in [1.54, 1.807) is 39.0 Å². The Hall–Kier alpha value is -4.45. The molecule has 0 saturated heterocycles. The zero-order valence-electron chi connectivity index (χ0n) is 19.5. The predicted molar refractivity (Wildman–Crippen MR) is 131 cm³/mol. The number of hydrogen-bond acceptors (Lipinski definition) is 9. The van der Waals surface area contributed by atoms with Crippen LogP contribution in [0.1, 0.15) is 36.6 Å². The van der Waals surface area contributed by atoms with Crippen LogP contribution in [0.4, 0.5) is 11.4 Å². The summed E-state index contributed by atoms with van der Waals surface area (Å²) in [6, 6.07) is 9.28. The largest absolute Gasteiger partial charge is 0.463 e. The van der Waals surface area contributed by atoms with E-state index in [1.165, 1.54) is 34.9 Å². The minimum atomic E-state index is -0.987. The zero-order chi connectivity index (χ0) is 26.1. The van der Waals surface area contributed by atoms with Gasteiger partial charge in [-0.3, -0.25) is 29.6 Å². The summed E-state index contributed by atoms with van der Waals surface area (Å²) in [4.78, 5) is 52.8. The minimum absolute atomic E-state index is 0.0794. The van der Waals surface area contributed by atoms with Crippen molar-refractivity contribution in [3.8, 4) is 0 Å². The molecule has 184 valence electrons. The van der Waals surface area contributed by atoms with E-state index in [1.807, 2.05) is 0 Å². The number of allylic oxidation sites excluding steroid dienone is 1. The number of hydrogen-bond donors (Lipinski definition) is 0. The number of aromatic nitrogens is 1. The van der Waals surface area contributed by atoms with E-state index in [2.05, 4.69) is 4.99 Å². The van der Waals surface area contributed by atoms with Gasteiger partial charge in [0.05, 0.1) is 38.3 Å². The number of benzene rings is 2. The molecule has 4 rings (SSSR count). The van der Waals surface area contributed by atoms with Crippen molar-refractivity contribution in [3.05, 3.63) is 110 Å². The fourth-order valence-electron chi connectivity index (χ4n) is 3.94. The van der Waals surface area contributed by atoms with Crippen LogP contribution in [0.25, 0.3) is 6.08 Å². The van der Waals surface area contributed by atoms with Gasteiger partial charge in [0.15, 0.2) is 4.80 Å². The van der Waals surface area contributed by atoms with Crippen LogP contribution in [0, 0.1) is 27.2 Å². The Morgan fingerprint density at radius 2 is 1.83 bits per heavy atom. The van der Waals surface area contributed by atoms with Gasteiger partial charge in [0.25, 0.3) is 16.9 Å². The van der Waals surface area contributed by atoms with Crippen molar-refractivity contribution >= 4 is 34.8 Å². The van der Waals surface area contributed by atoms with E-state index >= 15 is 0 Å². The number of carbonyl (C=O) groups excluding carboxylic acids is 1. The molecule has 0 unspecified atom stereocenters. The molecule has 1 atom stereocenters. The first-order valence-electron chi connectivity index (χ1n) is 10.8. The molecule has 0 aliphatic carbocycles. The second kappa shape index (κ2) is 9.66. The van der Waals surface area contributed by atoms with E-state index in [0.717, 1.165) is 11.3 Å². The standard InChI is InChI=1S/C24H20N4O7S/c1-4-35-23(30)20-14(3)25-24-26(21(20)16-8-5-13(2)18(12-16)28(33)34)22(29)19(36-24)11-15-6-9-17(10-7-15)27(31)32/h5-12,21H,4H2,1-3H3/b19-11+/t21-/m0/s1. The van der Waals surface area contributed by atoms with Gasteiger partial charge in [-0.15, -0.1) is 0 Å². The molecule has 12 heteroatoms. The van der Waals surface area contributed by atoms with Gasteiger partial charge in [-0.2, -0.15) is 0 Å². The van der Waals surface area contributed by atoms with E-state index in [0.29, 0.717) is 27.2 Å². The molecule has 0 N–H and O–H groups in total. The highest BCUT2D eigenvalue weighted by Crippen LogP contribution is 2.33. The van der Waals surface area contributed by atoms with Crippen LogP contribution in [0.15, 0.2) is 63.5 Å². The van der Waals surface area contributed by atoms with Gasteiger partial charge in [0.2, 0.25) is 0 Å². The van der Waals surface area contributed by atoms with Crippen LogP contribution in [0.2, 0.25) is 0 Å². The smallest absolute Gasteiger partial charge is 0.338 e. The number of non-ortho nitro benzene ring substituents is 1. The molecule has 3 aromatic rings. The quantitative estimate of drug-likeness (QED) is 0.282. The van der Waals surface area contributed by atoms with Crippen molar-refractivity contribution in [2.75, 3.05) is 6.61 Å². The van der Waals surface area contributed by atoms with Gasteiger partial charge < -0.3 is 4.74 Å². The number of fused-ring (bicyclic) bond motifs is 1. The van der Waals surface area contributed by atoms with Gasteiger partial charge >= 0.3 is 5.97 Å². The number of nitro benzene ring substituents is 2. The summed E-state index contributed by atoms with van der Waals surface area (Å²) in [6.07, 6.45) is 1.57. The molecule has 1 aromatic heterocycles. The summed E-state index contributed by atoms with van der Waals surface area (Å²) in [5, 5.41) is 22.5. The van der Waals surface area contributed by atoms with Crippen LogP contribution >= 0.6 is 11.3 Å². The number of thiazole rings is 1. The summed E-state index contributed by atoms with van der Waals surface area (Å²) in [5.74, 6) is -0.670. The van der Waals surface area contributed by atoms with Gasteiger partial charge in [-0.1, -0.05) is 23.5 Å². The molecule has 11 nitrogen and oxygen atoms in total. The number of esters is 1. The Morgan fingerprint density at radius 1 is 1.14 bits per heavy atom. The van der Waals surface area contributed by atoms with E-state index < -0.39 is 27.4 Å². The molecule has 0 bridgehead atoms. The average Bonchev–Trinajstić information content (AvgIpc) is 3.13. The van der Waals surface area contributed by atoms with Crippen LogP contribution < -0.4 is 14.9 Å². The lowest BCUT2D eigenvalue weighted by Crippen LogP contribution is -2.40. The Morgan fingerprint density at radius 3 is 2.44 bits per heavy atom. The Kier molecular flexibility index (Phi) is 6.62. The maximum Gasteiger partial charge on any atom is 0.338 e. The highest BCUT2D eigenvalue weighted by Gasteiger charge is 2.34. The third-order valence-corrected chi connectivity index (χ3v) is 6.65. The maximum absolute atomic E-state index is 13.6. The van der Waals surface area contributed by atoms with Gasteiger partial charge in [0.1, 0.15) is 0 Å². The first-order valence-corrected chi connectivity index (χ1v) is 11.6. The molecule has 2 aromatic carbocycles. The number of carbonyl (C=O) groups is 1. The van der Waals surface area contributed by atoms with Gasteiger partial charge in [0, 0.05) is 23.8 Å². The Labute approximate surface area is 207 Å². The highest BCUT2D eigenvalue weighted by atomic mass is 32.1. The number of ether oxygens (including phenoxy) is 1. The molecule has 2 heterocycles. The second-order valence-corrected chi connectivity index (χ2v) is 8.96. The Bertz CT molecular complexity index is 1620. The summed E-state index contributed by atoms with van der Waals surface area (Å²) in [7, 11) is 0. The topological polar surface area (TPSA) is 147 Å². The summed E-state index contributed by atoms with van der Waals surface area (Å²) < 4.78 is 6.84. The van der Waals surface area contributed by atoms with Crippen LogP contribution in [0.3, 0.4) is 0 Å². The van der Waals surface area contributed by atoms with Crippen molar-refractivity contribution in [2.45, 2.75) is 26.8 Å². The van der Waals surface area contributed by atoms with Crippen molar-refractivity contribution in [1.82, 2.24) is 4.57 Å². The number of rotatable bonds is 6. The SMILES string of the molecule is CCOC(=O)C1=C(C)N=c2s/c(=C/c3ccc([N+](=O)[O-])cc3)c(=O)n2[C@H]1c1ccc(C)c([N+](=O)[O-])c1. The van der Waals surface area contributed by atoms with Gasteiger partial charge in [-0.25, -0.2) is 9.79 Å². The molecular weight excluding hydrogens is 488 g/mol. The third kappa shape index (κ3) is 4.45. The Balaban J connectivity index is 1.95. The lowest BCUT2D eigenvalue weighted by molar-refractivity contribution is -0.385. The van der Waals surface area contributed by atoms with Crippen molar-refractivity contribution in [1.29, 1.82) is 0 Å². The van der Waals surface area contributed by atoms with Crippen molar-refractivity contribution in [3.63, 3.8) is 0 Å². The summed E-state index contributed by atoms with van der Waals surface area (Å²) in [5.41, 5.74) is 1.14. The minimum Gasteiger partial charge on any atom is -0.463 e. The van der Waals surface area contributed by atoms with Gasteiger partial charge in [-0.05, 0) is 50.1 Å². The van der Waals surface area contributed by atoms with Crippen LogP contribution in [0.5, 0.6) is 0 Å². The molecule has 0 spiro atoms. The van der Waals surface area contributed by atoms with Crippen molar-refractivity contribution < 1.29 is 19.4 Å². The molecule has 0 amide bonds. The fourth-order valence-corrected chi connectivity index (χ4v) is 4.99. The average molecular weight is 509 g/mol. The second-order valence-electron chi connectivity index (χ2n) is 7.95. The first kappa shape index (κ1) is 24.7. The third-order valence-electron chi connectivity index (χ3n) is 5.66. The van der Waals surface area contributed by atoms with E-state index in [4.69, 9.17) is 4.74 Å². The fraction of sp³-hybridized carbons (Fsp3) is 0.208. The lowest BCUT2D eigenvalue weighted by atomic mass is 9.94. The normalized spacial score (nSPS) is 15.3. The molecule has 0 fully saturated rings. The van der Waals surface area contributed by atoms with E-state index in [9.17, 15) is 29.8 Å². The molecular formula is C24H20N4O7S. The van der Waals surface area contributed by atoms with Crippen LogP contribution in [-0.4, -0.2) is 27.0 Å². The first-order chi connectivity index (χ1) is 17.1. The monoisotopic (exact) mass is 508 g/mol. The zero-order valence-corrected chi connectivity index (χ0v) is 20.3. The molecule has 0 radical (unpaired) electrons. The van der Waals surface area contributed by atoms with Crippen molar-refractivity contribution in [2.24, 2.45) is 4.99 Å². The molecule has 0 saturated carbocycles. The maximum atomic E-state index is 13.6. The number of nitro groups is 2. The summed E-state index contributed by atoms with van der Waals surface area (Å²) in [6.45, 7) is 4.97. The number of aryl methyl sites for hydroxylation is 1. The molecule has 36 heavy (non-hydrogen) atoms.